The minimum atomic E-state index is -0.148. The number of carbonyl (C=O) groups excluding carboxylic acids is 2. The van der Waals surface area contributed by atoms with Gasteiger partial charge in [0, 0.05) is 18.7 Å². The van der Waals surface area contributed by atoms with E-state index >= 15 is 0 Å². The molecule has 2 rings (SSSR count). The van der Waals surface area contributed by atoms with E-state index < -0.39 is 0 Å². The molecule has 1 aliphatic heterocycles. The van der Waals surface area contributed by atoms with Gasteiger partial charge in [0.15, 0.2) is 0 Å². The summed E-state index contributed by atoms with van der Waals surface area (Å²) in [7, 11) is 1.71. The van der Waals surface area contributed by atoms with Gasteiger partial charge in [-0.15, -0.1) is 0 Å². The molecular weight excluding hydrogens is 290 g/mol. The molecule has 0 saturated carbocycles. The van der Waals surface area contributed by atoms with Crippen molar-refractivity contribution in [1.82, 2.24) is 10.2 Å². The summed E-state index contributed by atoms with van der Waals surface area (Å²) in [6.45, 7) is 7.85. The molecule has 0 atom stereocenters. The zero-order valence-corrected chi connectivity index (χ0v) is 14.5. The van der Waals surface area contributed by atoms with Gasteiger partial charge in [-0.3, -0.25) is 9.59 Å². The van der Waals surface area contributed by atoms with Crippen LogP contribution in [0.25, 0.3) is 0 Å². The van der Waals surface area contributed by atoms with Crippen LogP contribution in [0.4, 0.5) is 5.69 Å². The molecule has 5 nitrogen and oxygen atoms in total. The number of likely N-dealkylation sites (N-methyl/N-ethyl adjacent to an activating group) is 1. The van der Waals surface area contributed by atoms with Crippen LogP contribution in [0.2, 0.25) is 0 Å². The summed E-state index contributed by atoms with van der Waals surface area (Å²) in [5, 5.41) is 6.20. The van der Waals surface area contributed by atoms with Gasteiger partial charge in [-0.25, -0.2) is 0 Å². The standard InChI is InChI=1S/C18H27N3O2/c1-12-9-13(2)17(14(3)10-12)20-16(22)11-21(4)18(23)15-5-7-19-8-6-15/h9-10,15,19H,5-8,11H2,1-4H3,(H,20,22). The predicted octanol–water partition coefficient (Wildman–Crippen LogP) is 2.01. The second-order valence-electron chi connectivity index (χ2n) is 6.54. The van der Waals surface area contributed by atoms with Crippen molar-refractivity contribution in [3.8, 4) is 0 Å². The largest absolute Gasteiger partial charge is 0.336 e. The lowest BCUT2D eigenvalue weighted by Gasteiger charge is -2.26. The molecule has 0 spiro atoms. The van der Waals surface area contributed by atoms with E-state index in [0.29, 0.717) is 0 Å². The SMILES string of the molecule is Cc1cc(C)c(NC(=O)CN(C)C(=O)C2CCNCC2)c(C)c1. The molecule has 0 aliphatic carbocycles. The minimum Gasteiger partial charge on any atom is -0.336 e. The molecule has 1 aromatic rings. The molecule has 2 N–H and O–H groups in total. The Kier molecular flexibility index (Phi) is 5.77. The molecule has 1 heterocycles. The van der Waals surface area contributed by atoms with Gasteiger partial charge in [0.05, 0.1) is 6.54 Å². The van der Waals surface area contributed by atoms with Crippen molar-refractivity contribution in [1.29, 1.82) is 0 Å². The lowest BCUT2D eigenvalue weighted by atomic mass is 9.97. The number of carbonyl (C=O) groups is 2. The first-order chi connectivity index (χ1) is 10.9. The lowest BCUT2D eigenvalue weighted by Crippen LogP contribution is -2.42. The van der Waals surface area contributed by atoms with Crippen LogP contribution in [0.3, 0.4) is 0 Å². The van der Waals surface area contributed by atoms with E-state index in [1.807, 2.05) is 32.9 Å². The fourth-order valence-corrected chi connectivity index (χ4v) is 3.23. The Hall–Kier alpha value is -1.88. The molecule has 1 aliphatic rings. The van der Waals surface area contributed by atoms with Crippen molar-refractivity contribution in [3.05, 3.63) is 28.8 Å². The quantitative estimate of drug-likeness (QED) is 0.893. The number of amides is 2. The first kappa shape index (κ1) is 17.5. The molecule has 0 unspecified atom stereocenters. The highest BCUT2D eigenvalue weighted by molar-refractivity contribution is 5.96. The Balaban J connectivity index is 1.95. The van der Waals surface area contributed by atoms with E-state index in [1.165, 1.54) is 5.56 Å². The molecule has 1 aromatic carbocycles. The number of rotatable bonds is 4. The summed E-state index contributed by atoms with van der Waals surface area (Å²) in [6, 6.07) is 4.10. The van der Waals surface area contributed by atoms with Gasteiger partial charge in [-0.1, -0.05) is 17.7 Å². The third-order valence-corrected chi connectivity index (χ3v) is 4.39. The first-order valence-corrected chi connectivity index (χ1v) is 8.22. The highest BCUT2D eigenvalue weighted by Crippen LogP contribution is 2.22. The predicted molar refractivity (Wildman–Crippen MR) is 92.5 cm³/mol. The van der Waals surface area contributed by atoms with Gasteiger partial charge in [0.2, 0.25) is 11.8 Å². The molecule has 23 heavy (non-hydrogen) atoms. The molecule has 0 radical (unpaired) electrons. The number of piperidine rings is 1. The number of hydrogen-bond acceptors (Lipinski definition) is 3. The van der Waals surface area contributed by atoms with Crippen LogP contribution in [0.5, 0.6) is 0 Å². The first-order valence-electron chi connectivity index (χ1n) is 8.22. The third-order valence-electron chi connectivity index (χ3n) is 4.39. The second-order valence-corrected chi connectivity index (χ2v) is 6.54. The maximum absolute atomic E-state index is 12.4. The van der Waals surface area contributed by atoms with Gasteiger partial charge in [-0.2, -0.15) is 0 Å². The van der Waals surface area contributed by atoms with Crippen molar-refractivity contribution >= 4 is 17.5 Å². The summed E-state index contributed by atoms with van der Waals surface area (Å²) in [5.74, 6) is -0.0410. The van der Waals surface area contributed by atoms with E-state index in [0.717, 1.165) is 42.7 Å². The van der Waals surface area contributed by atoms with Crippen LogP contribution in [-0.2, 0) is 9.59 Å². The molecule has 126 valence electrons. The van der Waals surface area contributed by atoms with Crippen molar-refractivity contribution in [2.24, 2.45) is 5.92 Å². The fourth-order valence-electron chi connectivity index (χ4n) is 3.23. The zero-order chi connectivity index (χ0) is 17.0. The minimum absolute atomic E-state index is 0.0388. The topological polar surface area (TPSA) is 61.4 Å². The lowest BCUT2D eigenvalue weighted by molar-refractivity contribution is -0.137. The smallest absolute Gasteiger partial charge is 0.243 e. The highest BCUT2D eigenvalue weighted by atomic mass is 16.2. The van der Waals surface area contributed by atoms with Gasteiger partial charge in [-0.05, 0) is 57.8 Å². The Morgan fingerprint density at radius 3 is 2.30 bits per heavy atom. The zero-order valence-electron chi connectivity index (χ0n) is 14.5. The Morgan fingerprint density at radius 2 is 1.74 bits per heavy atom. The maximum atomic E-state index is 12.4. The Bertz CT molecular complexity index is 569. The van der Waals surface area contributed by atoms with E-state index in [2.05, 4.69) is 10.6 Å². The number of anilines is 1. The normalized spacial score (nSPS) is 15.3. The number of benzene rings is 1. The van der Waals surface area contributed by atoms with Crippen LogP contribution in [0.1, 0.15) is 29.5 Å². The molecule has 2 amide bonds. The Morgan fingerprint density at radius 1 is 1.17 bits per heavy atom. The number of nitrogens with zero attached hydrogens (tertiary/aromatic N) is 1. The van der Waals surface area contributed by atoms with E-state index in [9.17, 15) is 9.59 Å². The summed E-state index contributed by atoms with van der Waals surface area (Å²) < 4.78 is 0. The Labute approximate surface area is 138 Å². The summed E-state index contributed by atoms with van der Waals surface area (Å²) in [5.41, 5.74) is 4.12. The number of nitrogens with one attached hydrogen (secondary N) is 2. The van der Waals surface area contributed by atoms with Crippen LogP contribution in [0.15, 0.2) is 12.1 Å². The van der Waals surface area contributed by atoms with Crippen LogP contribution in [-0.4, -0.2) is 43.4 Å². The molecule has 5 heteroatoms. The average molecular weight is 317 g/mol. The highest BCUT2D eigenvalue weighted by Gasteiger charge is 2.25. The molecular formula is C18H27N3O2. The third kappa shape index (κ3) is 4.55. The van der Waals surface area contributed by atoms with Gasteiger partial charge < -0.3 is 15.5 Å². The number of aryl methyl sites for hydroxylation is 3. The van der Waals surface area contributed by atoms with E-state index in [1.54, 1.807) is 11.9 Å². The average Bonchev–Trinajstić information content (AvgIpc) is 2.51. The van der Waals surface area contributed by atoms with Crippen LogP contribution < -0.4 is 10.6 Å². The van der Waals surface area contributed by atoms with Crippen molar-refractivity contribution < 1.29 is 9.59 Å². The summed E-state index contributed by atoms with van der Waals surface area (Å²) in [4.78, 5) is 26.2. The van der Waals surface area contributed by atoms with E-state index in [-0.39, 0.29) is 24.3 Å². The molecule has 0 aromatic heterocycles. The van der Waals surface area contributed by atoms with Crippen molar-refractivity contribution in [2.75, 3.05) is 32.0 Å². The van der Waals surface area contributed by atoms with Crippen molar-refractivity contribution in [3.63, 3.8) is 0 Å². The molecule has 0 bridgehead atoms. The molecule has 1 saturated heterocycles. The fraction of sp³-hybridized carbons (Fsp3) is 0.556. The van der Waals surface area contributed by atoms with Crippen LogP contribution in [0, 0.1) is 26.7 Å². The van der Waals surface area contributed by atoms with Gasteiger partial charge in [0.1, 0.15) is 0 Å². The van der Waals surface area contributed by atoms with E-state index in [4.69, 9.17) is 0 Å². The van der Waals surface area contributed by atoms with Gasteiger partial charge in [0.25, 0.3) is 0 Å². The number of hydrogen-bond donors (Lipinski definition) is 2. The summed E-state index contributed by atoms with van der Waals surface area (Å²) >= 11 is 0. The van der Waals surface area contributed by atoms with Crippen molar-refractivity contribution in [2.45, 2.75) is 33.6 Å². The molecule has 1 fully saturated rings. The monoisotopic (exact) mass is 317 g/mol. The van der Waals surface area contributed by atoms with Gasteiger partial charge >= 0.3 is 0 Å². The second kappa shape index (κ2) is 7.59. The van der Waals surface area contributed by atoms with Crippen LogP contribution >= 0.6 is 0 Å². The summed E-state index contributed by atoms with van der Waals surface area (Å²) in [6.07, 6.45) is 1.70. The maximum Gasteiger partial charge on any atom is 0.243 e.